The molecule has 4 heteroatoms. The minimum absolute atomic E-state index is 0.0500. The first kappa shape index (κ1) is 11.4. The minimum atomic E-state index is 0.0500. The van der Waals surface area contributed by atoms with Crippen molar-refractivity contribution in [2.24, 2.45) is 0 Å². The number of rotatable bonds is 3. The van der Waals surface area contributed by atoms with Crippen LogP contribution in [0.2, 0.25) is 5.02 Å². The zero-order valence-electron chi connectivity index (χ0n) is 9.24. The molecular formula is C12H15ClN2O. The number of aromatic nitrogens is 1. The van der Waals surface area contributed by atoms with Crippen molar-refractivity contribution >= 4 is 11.6 Å². The van der Waals surface area contributed by atoms with Crippen molar-refractivity contribution in [2.75, 3.05) is 13.7 Å². The van der Waals surface area contributed by atoms with Crippen LogP contribution in [0, 0.1) is 0 Å². The zero-order valence-corrected chi connectivity index (χ0v) is 10.00. The molecule has 0 amide bonds. The lowest BCUT2D eigenvalue weighted by atomic mass is 9.99. The van der Waals surface area contributed by atoms with Gasteiger partial charge >= 0.3 is 0 Å². The third-order valence-corrected chi connectivity index (χ3v) is 3.00. The summed E-state index contributed by atoms with van der Waals surface area (Å²) in [4.78, 5) is 4.33. The van der Waals surface area contributed by atoms with Gasteiger partial charge in [-0.15, -0.1) is 0 Å². The monoisotopic (exact) mass is 238 g/mol. The summed E-state index contributed by atoms with van der Waals surface area (Å²) >= 11 is 6.15. The Labute approximate surface area is 100 Å². The maximum atomic E-state index is 6.15. The Morgan fingerprint density at radius 1 is 1.56 bits per heavy atom. The van der Waals surface area contributed by atoms with E-state index in [1.54, 1.807) is 6.20 Å². The van der Waals surface area contributed by atoms with Crippen molar-refractivity contribution in [3.05, 3.63) is 40.9 Å². The Bertz CT molecular complexity index is 392. The highest BCUT2D eigenvalue weighted by Crippen LogP contribution is 2.29. The molecule has 0 saturated heterocycles. The first-order valence-corrected chi connectivity index (χ1v) is 5.79. The van der Waals surface area contributed by atoms with Gasteiger partial charge in [0.2, 0.25) is 0 Å². The molecule has 0 aliphatic carbocycles. The number of nitrogens with zero attached hydrogens (tertiary/aromatic N) is 1. The molecule has 16 heavy (non-hydrogen) atoms. The van der Waals surface area contributed by atoms with Crippen LogP contribution in [0.4, 0.5) is 0 Å². The van der Waals surface area contributed by atoms with Crippen molar-refractivity contribution in [3.63, 3.8) is 0 Å². The van der Waals surface area contributed by atoms with E-state index in [4.69, 9.17) is 16.3 Å². The van der Waals surface area contributed by atoms with E-state index in [2.05, 4.69) is 10.3 Å². The predicted molar refractivity (Wildman–Crippen MR) is 64.3 cm³/mol. The second-order valence-electron chi connectivity index (χ2n) is 3.76. The number of hydrogen-bond donors (Lipinski definition) is 1. The summed E-state index contributed by atoms with van der Waals surface area (Å²) in [5.74, 6) is 0. The molecule has 1 N–H and O–H groups in total. The molecule has 2 rings (SSSR count). The van der Waals surface area contributed by atoms with E-state index in [0.717, 1.165) is 25.1 Å². The molecule has 2 heterocycles. The molecule has 1 aliphatic rings. The van der Waals surface area contributed by atoms with Crippen LogP contribution in [0.5, 0.6) is 0 Å². The van der Waals surface area contributed by atoms with E-state index < -0.39 is 0 Å². The van der Waals surface area contributed by atoms with Gasteiger partial charge in [0.05, 0.1) is 29.6 Å². The molecule has 0 fully saturated rings. The second-order valence-corrected chi connectivity index (χ2v) is 4.17. The molecule has 0 aromatic carbocycles. The normalized spacial score (nSPS) is 17.5. The topological polar surface area (TPSA) is 34.1 Å². The molecule has 86 valence electrons. The molecule has 1 aromatic rings. The Hall–Kier alpha value is -1.06. The number of ether oxygens (including phenoxy) is 1. The lowest BCUT2D eigenvalue weighted by molar-refractivity contribution is 0.219. The van der Waals surface area contributed by atoms with Gasteiger partial charge in [-0.3, -0.25) is 4.98 Å². The molecule has 0 radical (unpaired) electrons. The van der Waals surface area contributed by atoms with Crippen LogP contribution >= 0.6 is 11.6 Å². The first-order valence-electron chi connectivity index (χ1n) is 5.41. The highest BCUT2D eigenvalue weighted by molar-refractivity contribution is 6.31. The predicted octanol–water partition coefficient (Wildman–Crippen LogP) is 2.69. The van der Waals surface area contributed by atoms with Crippen LogP contribution in [0.1, 0.15) is 24.6 Å². The summed E-state index contributed by atoms with van der Waals surface area (Å²) in [7, 11) is 1.91. The summed E-state index contributed by atoms with van der Waals surface area (Å²) in [5, 5.41) is 3.92. The fraction of sp³-hybridized carbons (Fsp3) is 0.417. The van der Waals surface area contributed by atoms with Crippen LogP contribution in [0.3, 0.4) is 0 Å². The van der Waals surface area contributed by atoms with Gasteiger partial charge in [0.1, 0.15) is 0 Å². The third-order valence-electron chi connectivity index (χ3n) is 2.68. The van der Waals surface area contributed by atoms with Gasteiger partial charge in [-0.1, -0.05) is 11.6 Å². The van der Waals surface area contributed by atoms with E-state index in [1.165, 1.54) is 5.57 Å². The van der Waals surface area contributed by atoms with Crippen LogP contribution in [0.15, 0.2) is 30.2 Å². The number of nitrogens with one attached hydrogen (secondary N) is 1. The number of hydrogen-bond acceptors (Lipinski definition) is 3. The van der Waals surface area contributed by atoms with Crippen LogP contribution < -0.4 is 5.32 Å². The van der Waals surface area contributed by atoms with E-state index >= 15 is 0 Å². The molecule has 0 saturated carbocycles. The Kier molecular flexibility index (Phi) is 3.80. The fourth-order valence-corrected chi connectivity index (χ4v) is 2.14. The SMILES string of the molecule is CNC(C1=COCCC1)c1ncccc1Cl. The first-order chi connectivity index (χ1) is 7.83. The minimum Gasteiger partial charge on any atom is -0.501 e. The quantitative estimate of drug-likeness (QED) is 0.879. The average molecular weight is 239 g/mol. The smallest absolute Gasteiger partial charge is 0.0876 e. The highest BCUT2D eigenvalue weighted by Gasteiger charge is 2.20. The van der Waals surface area contributed by atoms with Gasteiger partial charge in [0.15, 0.2) is 0 Å². The lowest BCUT2D eigenvalue weighted by Crippen LogP contribution is -2.22. The summed E-state index contributed by atoms with van der Waals surface area (Å²) in [5.41, 5.74) is 2.07. The Morgan fingerprint density at radius 3 is 3.06 bits per heavy atom. The van der Waals surface area contributed by atoms with E-state index in [1.807, 2.05) is 25.4 Å². The maximum Gasteiger partial charge on any atom is 0.0876 e. The van der Waals surface area contributed by atoms with E-state index in [-0.39, 0.29) is 6.04 Å². The number of likely N-dealkylation sites (N-methyl/N-ethyl adjacent to an activating group) is 1. The second kappa shape index (κ2) is 5.32. The summed E-state index contributed by atoms with van der Waals surface area (Å²) < 4.78 is 5.35. The molecule has 3 nitrogen and oxygen atoms in total. The maximum absolute atomic E-state index is 6.15. The van der Waals surface area contributed by atoms with Crippen LogP contribution in [0.25, 0.3) is 0 Å². The van der Waals surface area contributed by atoms with Crippen LogP contribution in [-0.2, 0) is 4.74 Å². The van der Waals surface area contributed by atoms with E-state index in [0.29, 0.717) is 5.02 Å². The molecule has 1 unspecified atom stereocenters. The van der Waals surface area contributed by atoms with Gasteiger partial charge in [-0.2, -0.15) is 0 Å². The largest absolute Gasteiger partial charge is 0.501 e. The molecule has 0 bridgehead atoms. The summed E-state index contributed by atoms with van der Waals surface area (Å²) in [6.07, 6.45) is 5.67. The number of halogens is 1. The highest BCUT2D eigenvalue weighted by atomic mass is 35.5. The van der Waals surface area contributed by atoms with Crippen LogP contribution in [-0.4, -0.2) is 18.6 Å². The average Bonchev–Trinajstić information content (AvgIpc) is 2.34. The molecule has 1 aromatic heterocycles. The molecule has 1 aliphatic heterocycles. The van der Waals surface area contributed by atoms with Crippen molar-refractivity contribution < 1.29 is 4.74 Å². The van der Waals surface area contributed by atoms with Crippen molar-refractivity contribution in [3.8, 4) is 0 Å². The summed E-state index contributed by atoms with van der Waals surface area (Å²) in [6.45, 7) is 0.801. The Balaban J connectivity index is 2.28. The van der Waals surface area contributed by atoms with E-state index in [9.17, 15) is 0 Å². The van der Waals surface area contributed by atoms with Gasteiger partial charge in [0.25, 0.3) is 0 Å². The van der Waals surface area contributed by atoms with Crippen molar-refractivity contribution in [1.29, 1.82) is 0 Å². The van der Waals surface area contributed by atoms with Gasteiger partial charge in [-0.05, 0) is 37.6 Å². The third kappa shape index (κ3) is 2.36. The van der Waals surface area contributed by atoms with Gasteiger partial charge in [0, 0.05) is 6.20 Å². The standard InChI is InChI=1S/C12H15ClN2O/c1-14-11(9-4-3-7-16-8-9)12-10(13)5-2-6-15-12/h2,5-6,8,11,14H,3-4,7H2,1H3. The fourth-order valence-electron chi connectivity index (χ4n) is 1.90. The molecule has 1 atom stereocenters. The molecule has 0 spiro atoms. The Morgan fingerprint density at radius 2 is 2.44 bits per heavy atom. The van der Waals surface area contributed by atoms with Gasteiger partial charge in [-0.25, -0.2) is 0 Å². The molecular weight excluding hydrogens is 224 g/mol. The van der Waals surface area contributed by atoms with Crippen molar-refractivity contribution in [2.45, 2.75) is 18.9 Å². The lowest BCUT2D eigenvalue weighted by Gasteiger charge is -2.23. The van der Waals surface area contributed by atoms with Gasteiger partial charge < -0.3 is 10.1 Å². The number of pyridine rings is 1. The van der Waals surface area contributed by atoms with Crippen molar-refractivity contribution in [1.82, 2.24) is 10.3 Å². The zero-order chi connectivity index (χ0) is 11.4. The summed E-state index contributed by atoms with van der Waals surface area (Å²) in [6, 6.07) is 3.75.